The molecule has 4 aliphatic heterocycles. The molecular weight excluding hydrogens is 785 g/mol. The summed E-state index contributed by atoms with van der Waals surface area (Å²) in [7, 11) is -16.8. The lowest BCUT2D eigenvalue weighted by Crippen LogP contribution is -2.73. The zero-order valence-corrected chi connectivity index (χ0v) is 49.4. The van der Waals surface area contributed by atoms with E-state index in [0.29, 0.717) is 0 Å². The molecule has 4 saturated heterocycles. The average molecular weight is 874 g/mol. The third kappa shape index (κ3) is 4.29. The van der Waals surface area contributed by atoms with Gasteiger partial charge in [0.1, 0.15) is 0 Å². The van der Waals surface area contributed by atoms with E-state index in [-0.39, 0.29) is 0 Å². The molecule has 1 aromatic rings. The van der Waals surface area contributed by atoms with E-state index in [2.05, 4.69) is 181 Å². The summed E-state index contributed by atoms with van der Waals surface area (Å²) in [5.74, 6) is 0. The Balaban J connectivity index is 1.90. The van der Waals surface area contributed by atoms with Gasteiger partial charge < -0.3 is 0 Å². The smallest absolute Gasteiger partial charge is 0.0665 e. The van der Waals surface area contributed by atoms with Crippen molar-refractivity contribution < 1.29 is 0 Å². The lowest BCUT2D eigenvalue weighted by Gasteiger charge is -2.64. The maximum Gasteiger partial charge on any atom is 0.0665 e. The zero-order valence-electron chi connectivity index (χ0n) is 39.4. The summed E-state index contributed by atoms with van der Waals surface area (Å²) in [6.45, 7) is 70.9. The molecule has 0 nitrogen and oxygen atoms in total. The molecule has 0 aromatic heterocycles. The molecule has 6 rings (SSSR count). The van der Waals surface area contributed by atoms with Crippen molar-refractivity contribution in [2.45, 2.75) is 222 Å². The number of hydrogen-bond donors (Lipinski definition) is 0. The Morgan fingerprint density at radius 2 is 0.519 bits per heavy atom. The highest BCUT2D eigenvalue weighted by Gasteiger charge is 3.01. The van der Waals surface area contributed by atoms with Crippen LogP contribution in [0.25, 0.3) is 0 Å². The quantitative estimate of drug-likeness (QED) is 0.228. The monoisotopic (exact) mass is 872 g/mol. The maximum absolute atomic E-state index is 2.96. The van der Waals surface area contributed by atoms with Gasteiger partial charge in [0.25, 0.3) is 0 Å². The molecule has 4 heterocycles. The minimum atomic E-state index is -1.97. The van der Waals surface area contributed by atoms with E-state index in [9.17, 15) is 0 Å². The zero-order chi connectivity index (χ0) is 40.1. The summed E-state index contributed by atoms with van der Waals surface area (Å²) >= 11 is 0. The third-order valence-corrected chi connectivity index (χ3v) is 101. The van der Waals surface area contributed by atoms with Crippen molar-refractivity contribution in [3.8, 4) is 0 Å². The van der Waals surface area contributed by atoms with E-state index in [1.54, 1.807) is 25.7 Å². The van der Waals surface area contributed by atoms with Crippen molar-refractivity contribution in [1.82, 2.24) is 0 Å². The lowest BCUT2D eigenvalue weighted by molar-refractivity contribution is 0.763. The van der Waals surface area contributed by atoms with Crippen molar-refractivity contribution in [3.05, 3.63) is 35.4 Å². The predicted octanol–water partition coefficient (Wildman–Crippen LogP) is 15.2. The van der Waals surface area contributed by atoms with Crippen LogP contribution >= 0.6 is 0 Å². The number of rotatable bonds is 8. The third-order valence-electron chi connectivity index (χ3n) is 19.4. The molecule has 1 aliphatic carbocycles. The summed E-state index contributed by atoms with van der Waals surface area (Å²) in [5, 5.41) is 0. The van der Waals surface area contributed by atoms with Gasteiger partial charge >= 0.3 is 0 Å². The van der Waals surface area contributed by atoms with E-state index >= 15 is 0 Å². The van der Waals surface area contributed by atoms with Crippen LogP contribution in [0.15, 0.2) is 24.3 Å². The molecule has 1 aromatic carbocycles. The Kier molecular flexibility index (Phi) is 9.22. The molecule has 0 N–H and O–H groups in total. The Morgan fingerprint density at radius 1 is 0.346 bits per heavy atom. The number of hydrogen-bond acceptors (Lipinski definition) is 0. The van der Waals surface area contributed by atoms with Gasteiger partial charge in [0.2, 0.25) is 0 Å². The molecular formula is C42H88Si10. The molecule has 10 heteroatoms. The second-order valence-corrected chi connectivity index (χ2v) is 86.3. The first-order chi connectivity index (χ1) is 22.9. The Labute approximate surface area is 335 Å². The van der Waals surface area contributed by atoms with Crippen LogP contribution in [-0.4, -0.2) is 80.7 Å². The molecule has 0 bridgehead atoms. The first-order valence-electron chi connectivity index (χ1n) is 22.0. The van der Waals surface area contributed by atoms with Crippen LogP contribution in [0, 0.1) is 0 Å². The van der Waals surface area contributed by atoms with E-state index < -0.39 is 80.7 Å². The van der Waals surface area contributed by atoms with Gasteiger partial charge in [-0.1, -0.05) is 207 Å². The summed E-state index contributed by atoms with van der Waals surface area (Å²) in [4.78, 5) is 0. The van der Waals surface area contributed by atoms with Gasteiger partial charge in [-0.05, 0) is 50.4 Å². The van der Waals surface area contributed by atoms with Crippen molar-refractivity contribution in [2.24, 2.45) is 0 Å². The highest BCUT2D eigenvalue weighted by Crippen LogP contribution is 3.03. The standard InChI is InChI=1S/C42H88Si10/c1-43(2,3)39(44(4,5)6)29-30-40(45(7,8)9,46(10,11)12)51(39)35-33-27-25-26-28-34(33)36-38(37(35)51)52(36)41(47(13,14)15,48(16,17)18)31-32-42(52,49(19,20)21)50(22,23)24/h25-28,35-38H,29-32H2,1-24H3/t35-,36-,37-,38-/m1/s1. The summed E-state index contributed by atoms with van der Waals surface area (Å²) in [6.07, 6.45) is 6.56. The summed E-state index contributed by atoms with van der Waals surface area (Å²) < 4.78 is 2.90. The van der Waals surface area contributed by atoms with Crippen LogP contribution in [0.5, 0.6) is 0 Å². The lowest BCUT2D eigenvalue weighted by atomic mass is 9.92. The summed E-state index contributed by atoms with van der Waals surface area (Å²) in [6, 6.07) is 10.8. The average Bonchev–Trinajstić information content (AvgIpc) is 3.60. The van der Waals surface area contributed by atoms with Crippen LogP contribution in [0.3, 0.4) is 0 Å². The fraction of sp³-hybridized carbons (Fsp3) is 0.857. The molecule has 52 heavy (non-hydrogen) atoms. The summed E-state index contributed by atoms with van der Waals surface area (Å²) in [5.41, 5.74) is 8.19. The maximum atomic E-state index is 2.96. The number of benzene rings is 1. The molecule has 0 unspecified atom stereocenters. The Hall–Kier alpha value is 1.39. The first-order valence-corrected chi connectivity index (χ1v) is 54.3. The topological polar surface area (TPSA) is 0 Å². The van der Waals surface area contributed by atoms with E-state index in [4.69, 9.17) is 0 Å². The van der Waals surface area contributed by atoms with Gasteiger partial charge in [-0.2, -0.15) is 0 Å². The van der Waals surface area contributed by atoms with Gasteiger partial charge in [-0.3, -0.25) is 0 Å². The largest absolute Gasteiger partial charge is 0.0696 e. The molecule has 0 saturated carbocycles. The molecule has 2 spiro atoms. The Morgan fingerprint density at radius 3 is 0.673 bits per heavy atom. The second kappa shape index (κ2) is 11.2. The minimum absolute atomic E-state index is 0.726. The van der Waals surface area contributed by atoms with Crippen LogP contribution in [0.1, 0.15) is 47.9 Å². The highest BCUT2D eigenvalue weighted by molar-refractivity contribution is 7.35. The predicted molar refractivity (Wildman–Crippen MR) is 267 cm³/mol. The van der Waals surface area contributed by atoms with Gasteiger partial charge in [0, 0.05) is 64.6 Å². The van der Waals surface area contributed by atoms with Crippen LogP contribution < -0.4 is 0 Å². The second-order valence-electron chi connectivity index (χ2n) is 28.0. The van der Waals surface area contributed by atoms with Crippen LogP contribution in [-0.2, 0) is 0 Å². The van der Waals surface area contributed by atoms with E-state index in [1.807, 2.05) is 11.1 Å². The molecule has 0 amide bonds. The van der Waals surface area contributed by atoms with Gasteiger partial charge in [-0.15, -0.1) is 0 Å². The first kappa shape index (κ1) is 43.0. The van der Waals surface area contributed by atoms with Gasteiger partial charge in [0.15, 0.2) is 0 Å². The van der Waals surface area contributed by atoms with Gasteiger partial charge in [-0.25, -0.2) is 0 Å². The molecule has 296 valence electrons. The molecule has 4 atom stereocenters. The van der Waals surface area contributed by atoms with Crippen LogP contribution in [0.2, 0.25) is 185 Å². The van der Waals surface area contributed by atoms with E-state index in [1.165, 1.54) is 0 Å². The SMILES string of the molecule is C[Si](C)(C)C1([Si](C)(C)C)CCC([Si](C)(C)C)([Si](C)(C)C)[Si]12[C@H]1[C@H]3[C@@H](c4ccccc4[C@H]12)[Si]31C([Si](C)(C)C)([Si](C)(C)C)CCC1([Si](C)(C)C)[Si](C)(C)C. The molecule has 5 aliphatic rings. The van der Waals surface area contributed by atoms with Crippen LogP contribution in [0.4, 0.5) is 0 Å². The normalized spacial score (nSPS) is 31.3. The van der Waals surface area contributed by atoms with Crippen molar-refractivity contribution in [2.75, 3.05) is 0 Å². The fourth-order valence-corrected chi connectivity index (χ4v) is 136. The highest BCUT2D eigenvalue weighted by atomic mass is 28.5. The number of fused-ring (bicyclic) bond motifs is 10. The van der Waals surface area contributed by atoms with Crippen molar-refractivity contribution in [1.29, 1.82) is 0 Å². The van der Waals surface area contributed by atoms with Crippen molar-refractivity contribution in [3.63, 3.8) is 0 Å². The van der Waals surface area contributed by atoms with E-state index in [0.717, 1.165) is 39.3 Å². The van der Waals surface area contributed by atoms with Gasteiger partial charge in [0.05, 0.1) is 16.1 Å². The molecule has 0 radical (unpaired) electrons. The van der Waals surface area contributed by atoms with Crippen molar-refractivity contribution >= 4 is 80.7 Å². The molecule has 4 fully saturated rings. The Bertz CT molecular complexity index is 1360. The fourth-order valence-electron chi connectivity index (χ4n) is 20.7. The minimum Gasteiger partial charge on any atom is -0.0696 e.